The Morgan fingerprint density at radius 1 is 1.11 bits per heavy atom. The van der Waals surface area contributed by atoms with Crippen LogP contribution in [0.5, 0.6) is 0 Å². The summed E-state index contributed by atoms with van der Waals surface area (Å²) in [5.41, 5.74) is 1.55. The Morgan fingerprint density at radius 2 is 1.75 bits per heavy atom. The lowest BCUT2D eigenvalue weighted by Crippen LogP contribution is -2.51. The fraction of sp³-hybridized carbons (Fsp3) is 0.476. The molecular formula is C21H29N3O4. The molecule has 1 fully saturated rings. The van der Waals surface area contributed by atoms with Crippen molar-refractivity contribution < 1.29 is 19.1 Å². The Kier molecular flexibility index (Phi) is 8.19. The largest absolute Gasteiger partial charge is 0.463 e. The van der Waals surface area contributed by atoms with Crippen LogP contribution in [-0.4, -0.2) is 66.9 Å². The van der Waals surface area contributed by atoms with E-state index in [9.17, 15) is 14.4 Å². The topological polar surface area (TPSA) is 79.0 Å². The van der Waals surface area contributed by atoms with Gasteiger partial charge in [0.2, 0.25) is 11.8 Å². The molecule has 28 heavy (non-hydrogen) atoms. The molecule has 1 N–H and O–H groups in total. The number of anilines is 1. The number of hydrogen-bond donors (Lipinski definition) is 1. The molecule has 0 spiro atoms. The first-order chi connectivity index (χ1) is 13.4. The molecule has 1 saturated heterocycles. The standard InChI is InChI=1S/C21H29N3O4/c1-4-28-20(26)10-7-17-5-8-18(9-6-17)22-19(25)15-23-11-13-24(14-12-23)21(27)16(2)3/h5-10,16H,4,11-15H2,1-3H3,(H,22,25)/b10-7+. The van der Waals surface area contributed by atoms with Crippen LogP contribution in [0.3, 0.4) is 0 Å². The molecule has 0 aliphatic carbocycles. The van der Waals surface area contributed by atoms with Crippen molar-refractivity contribution in [3.8, 4) is 0 Å². The van der Waals surface area contributed by atoms with Crippen LogP contribution in [0, 0.1) is 5.92 Å². The summed E-state index contributed by atoms with van der Waals surface area (Å²) in [4.78, 5) is 39.5. The van der Waals surface area contributed by atoms with Gasteiger partial charge in [-0.2, -0.15) is 0 Å². The van der Waals surface area contributed by atoms with E-state index in [1.165, 1.54) is 6.08 Å². The third kappa shape index (κ3) is 6.81. The highest BCUT2D eigenvalue weighted by Crippen LogP contribution is 2.12. The molecule has 7 heteroatoms. The summed E-state index contributed by atoms with van der Waals surface area (Å²) in [6, 6.07) is 7.23. The number of nitrogens with one attached hydrogen (secondary N) is 1. The van der Waals surface area contributed by atoms with Gasteiger partial charge in [-0.05, 0) is 30.7 Å². The zero-order chi connectivity index (χ0) is 20.5. The molecule has 2 rings (SSSR count). The van der Waals surface area contributed by atoms with Crippen LogP contribution in [0.4, 0.5) is 5.69 Å². The van der Waals surface area contributed by atoms with Gasteiger partial charge in [0, 0.05) is 43.9 Å². The van der Waals surface area contributed by atoms with Gasteiger partial charge in [-0.25, -0.2) is 4.79 Å². The van der Waals surface area contributed by atoms with Crippen LogP contribution in [0.1, 0.15) is 26.3 Å². The second-order valence-corrected chi connectivity index (χ2v) is 7.01. The molecule has 0 atom stereocenters. The lowest BCUT2D eigenvalue weighted by molar-refractivity contribution is -0.137. The highest BCUT2D eigenvalue weighted by atomic mass is 16.5. The maximum atomic E-state index is 12.3. The summed E-state index contributed by atoms with van der Waals surface area (Å²) < 4.78 is 4.83. The van der Waals surface area contributed by atoms with Gasteiger partial charge in [0.1, 0.15) is 0 Å². The third-order valence-electron chi connectivity index (χ3n) is 4.44. The highest BCUT2D eigenvalue weighted by Gasteiger charge is 2.23. The molecule has 152 valence electrons. The van der Waals surface area contributed by atoms with Crippen LogP contribution in [-0.2, 0) is 19.1 Å². The first-order valence-corrected chi connectivity index (χ1v) is 9.65. The first-order valence-electron chi connectivity index (χ1n) is 9.65. The number of amides is 2. The van der Waals surface area contributed by atoms with Crippen LogP contribution >= 0.6 is 0 Å². The molecule has 0 unspecified atom stereocenters. The minimum Gasteiger partial charge on any atom is -0.463 e. The van der Waals surface area contributed by atoms with Crippen molar-refractivity contribution in [2.24, 2.45) is 5.92 Å². The van der Waals surface area contributed by atoms with Gasteiger partial charge < -0.3 is 15.0 Å². The van der Waals surface area contributed by atoms with Crippen molar-refractivity contribution in [2.45, 2.75) is 20.8 Å². The van der Waals surface area contributed by atoms with Gasteiger partial charge in [0.25, 0.3) is 0 Å². The van der Waals surface area contributed by atoms with Crippen LogP contribution in [0.2, 0.25) is 0 Å². The molecule has 7 nitrogen and oxygen atoms in total. The van der Waals surface area contributed by atoms with E-state index in [2.05, 4.69) is 10.2 Å². The number of nitrogens with zero attached hydrogens (tertiary/aromatic N) is 2. The van der Waals surface area contributed by atoms with Crippen molar-refractivity contribution in [2.75, 3.05) is 44.6 Å². The fourth-order valence-electron chi connectivity index (χ4n) is 2.93. The summed E-state index contributed by atoms with van der Waals surface area (Å²) in [5, 5.41) is 2.88. The molecule has 0 aromatic heterocycles. The van der Waals surface area contributed by atoms with E-state index < -0.39 is 0 Å². The zero-order valence-corrected chi connectivity index (χ0v) is 16.8. The Morgan fingerprint density at radius 3 is 2.32 bits per heavy atom. The number of carbonyl (C=O) groups is 3. The van der Waals surface area contributed by atoms with Crippen molar-refractivity contribution in [3.05, 3.63) is 35.9 Å². The Balaban J connectivity index is 1.77. The number of benzene rings is 1. The predicted molar refractivity (Wildman–Crippen MR) is 109 cm³/mol. The molecule has 1 heterocycles. The lowest BCUT2D eigenvalue weighted by atomic mass is 10.1. The Hall–Kier alpha value is -2.67. The summed E-state index contributed by atoms with van der Waals surface area (Å²) in [6.07, 6.45) is 3.04. The van der Waals surface area contributed by atoms with Gasteiger partial charge in [0.15, 0.2) is 0 Å². The van der Waals surface area contributed by atoms with E-state index in [-0.39, 0.29) is 23.7 Å². The lowest BCUT2D eigenvalue weighted by Gasteiger charge is -2.35. The molecule has 1 aliphatic heterocycles. The number of ether oxygens (including phenoxy) is 1. The number of esters is 1. The smallest absolute Gasteiger partial charge is 0.330 e. The van der Waals surface area contributed by atoms with Crippen molar-refractivity contribution >= 4 is 29.5 Å². The predicted octanol–water partition coefficient (Wildman–Crippen LogP) is 2.00. The average Bonchev–Trinajstić information content (AvgIpc) is 2.67. The van der Waals surface area contributed by atoms with Gasteiger partial charge >= 0.3 is 5.97 Å². The highest BCUT2D eigenvalue weighted by molar-refractivity contribution is 5.92. The van der Waals surface area contributed by atoms with E-state index in [1.807, 2.05) is 30.9 Å². The van der Waals surface area contributed by atoms with E-state index >= 15 is 0 Å². The van der Waals surface area contributed by atoms with Crippen LogP contribution in [0.25, 0.3) is 6.08 Å². The normalized spacial score (nSPS) is 15.1. The minimum absolute atomic E-state index is 0.00459. The van der Waals surface area contributed by atoms with Gasteiger partial charge in [-0.3, -0.25) is 14.5 Å². The molecule has 1 aromatic carbocycles. The maximum absolute atomic E-state index is 12.3. The zero-order valence-electron chi connectivity index (χ0n) is 16.8. The van der Waals surface area contributed by atoms with Crippen molar-refractivity contribution in [3.63, 3.8) is 0 Å². The first kappa shape index (κ1) is 21.6. The molecule has 1 aromatic rings. The van der Waals surface area contributed by atoms with Crippen molar-refractivity contribution in [1.82, 2.24) is 9.80 Å². The Bertz CT molecular complexity index is 705. The minimum atomic E-state index is -0.380. The molecule has 0 bridgehead atoms. The second-order valence-electron chi connectivity index (χ2n) is 7.01. The molecule has 2 amide bonds. The van der Waals surface area contributed by atoms with Crippen LogP contribution < -0.4 is 5.32 Å². The number of hydrogen-bond acceptors (Lipinski definition) is 5. The summed E-state index contributed by atoms with van der Waals surface area (Å²) in [5.74, 6) is -0.292. The van der Waals surface area contributed by atoms with Gasteiger partial charge in [-0.1, -0.05) is 26.0 Å². The molecule has 0 radical (unpaired) electrons. The number of piperazine rings is 1. The molecule has 0 saturated carbocycles. The van der Waals surface area contributed by atoms with E-state index in [0.717, 1.165) is 5.56 Å². The summed E-state index contributed by atoms with van der Waals surface area (Å²) >= 11 is 0. The van der Waals surface area contributed by atoms with E-state index in [0.29, 0.717) is 45.0 Å². The quantitative estimate of drug-likeness (QED) is 0.572. The van der Waals surface area contributed by atoms with Gasteiger partial charge in [-0.15, -0.1) is 0 Å². The molecular weight excluding hydrogens is 358 g/mol. The van der Waals surface area contributed by atoms with E-state index in [1.54, 1.807) is 25.1 Å². The van der Waals surface area contributed by atoms with Crippen molar-refractivity contribution in [1.29, 1.82) is 0 Å². The average molecular weight is 387 g/mol. The van der Waals surface area contributed by atoms with Gasteiger partial charge in [0.05, 0.1) is 13.2 Å². The second kappa shape index (κ2) is 10.6. The van der Waals surface area contributed by atoms with Crippen LogP contribution in [0.15, 0.2) is 30.3 Å². The number of rotatable bonds is 7. The maximum Gasteiger partial charge on any atom is 0.330 e. The third-order valence-corrected chi connectivity index (χ3v) is 4.44. The monoisotopic (exact) mass is 387 g/mol. The molecule has 1 aliphatic rings. The summed E-state index contributed by atoms with van der Waals surface area (Å²) in [7, 11) is 0. The Labute approximate surface area is 166 Å². The SMILES string of the molecule is CCOC(=O)/C=C/c1ccc(NC(=O)CN2CCN(C(=O)C(C)C)CC2)cc1. The van der Waals surface area contributed by atoms with E-state index in [4.69, 9.17) is 4.74 Å². The summed E-state index contributed by atoms with van der Waals surface area (Å²) in [6.45, 7) is 8.92. The fourth-order valence-corrected chi connectivity index (χ4v) is 2.93. The number of carbonyl (C=O) groups excluding carboxylic acids is 3.